The van der Waals surface area contributed by atoms with Gasteiger partial charge in [-0.1, -0.05) is 72.6 Å². The van der Waals surface area contributed by atoms with E-state index in [9.17, 15) is 4.79 Å². The normalized spacial score (nSPS) is 11.7. The number of halogens is 2. The number of hydrogen-bond donors (Lipinski definition) is 0. The van der Waals surface area contributed by atoms with Crippen molar-refractivity contribution in [1.29, 1.82) is 0 Å². The second kappa shape index (κ2) is 12.0. The minimum Gasteiger partial charge on any atom is -0.493 e. The molecule has 1 atom stereocenters. The van der Waals surface area contributed by atoms with Crippen LogP contribution < -0.4 is 9.47 Å². The molecule has 6 heteroatoms. The molecule has 0 aliphatic rings. The van der Waals surface area contributed by atoms with Gasteiger partial charge in [-0.3, -0.25) is 4.79 Å². The number of carbonyl (C=O) groups is 1. The zero-order chi connectivity index (χ0) is 23.8. The van der Waals surface area contributed by atoms with Gasteiger partial charge in [0.15, 0.2) is 11.5 Å². The summed E-state index contributed by atoms with van der Waals surface area (Å²) in [7, 11) is 3.21. The summed E-state index contributed by atoms with van der Waals surface area (Å²) in [5, 5.41) is 1.20. The lowest BCUT2D eigenvalue weighted by molar-refractivity contribution is -0.133. The Bertz CT molecular complexity index is 1070. The third-order valence-electron chi connectivity index (χ3n) is 5.71. The van der Waals surface area contributed by atoms with E-state index in [1.54, 1.807) is 20.3 Å². The van der Waals surface area contributed by atoms with Crippen molar-refractivity contribution < 1.29 is 14.3 Å². The fourth-order valence-electron chi connectivity index (χ4n) is 3.91. The van der Waals surface area contributed by atoms with Crippen molar-refractivity contribution >= 4 is 29.1 Å². The van der Waals surface area contributed by atoms with Crippen molar-refractivity contribution in [3.8, 4) is 11.5 Å². The van der Waals surface area contributed by atoms with E-state index in [1.165, 1.54) is 0 Å². The van der Waals surface area contributed by atoms with Gasteiger partial charge in [-0.2, -0.15) is 0 Å². The van der Waals surface area contributed by atoms with Crippen molar-refractivity contribution in [3.63, 3.8) is 0 Å². The third kappa shape index (κ3) is 6.43. The second-order valence-corrected chi connectivity index (χ2v) is 8.65. The van der Waals surface area contributed by atoms with Crippen LogP contribution in [0.2, 0.25) is 10.0 Å². The van der Waals surface area contributed by atoms with E-state index in [4.69, 9.17) is 32.7 Å². The maximum atomic E-state index is 13.7. The topological polar surface area (TPSA) is 38.8 Å². The van der Waals surface area contributed by atoms with Crippen molar-refractivity contribution in [2.45, 2.75) is 32.2 Å². The van der Waals surface area contributed by atoms with Crippen LogP contribution >= 0.6 is 23.2 Å². The predicted molar refractivity (Wildman–Crippen MR) is 135 cm³/mol. The largest absolute Gasteiger partial charge is 0.493 e. The first kappa shape index (κ1) is 24.9. The van der Waals surface area contributed by atoms with Gasteiger partial charge in [0.1, 0.15) is 0 Å². The molecule has 3 aromatic rings. The minimum atomic E-state index is -0.216. The van der Waals surface area contributed by atoms with Gasteiger partial charge in [0, 0.05) is 23.1 Å². The fourth-order valence-corrected chi connectivity index (χ4v) is 4.41. The van der Waals surface area contributed by atoms with Gasteiger partial charge in [-0.25, -0.2) is 0 Å². The molecule has 0 fully saturated rings. The minimum absolute atomic E-state index is 0.0866. The highest BCUT2D eigenvalue weighted by molar-refractivity contribution is 6.35. The Hall–Kier alpha value is -2.69. The van der Waals surface area contributed by atoms with Gasteiger partial charge in [-0.15, -0.1) is 0 Å². The molecule has 0 N–H and O–H groups in total. The van der Waals surface area contributed by atoms with Crippen molar-refractivity contribution in [3.05, 3.63) is 93.5 Å². The molecule has 0 bridgehead atoms. The lowest BCUT2D eigenvalue weighted by Gasteiger charge is -2.28. The molecule has 174 valence electrons. The summed E-state index contributed by atoms with van der Waals surface area (Å²) in [6.45, 7) is 3.02. The van der Waals surface area contributed by atoms with E-state index in [0.29, 0.717) is 47.5 Å². The first-order chi connectivity index (χ1) is 16.0. The molecule has 4 nitrogen and oxygen atoms in total. The molecular formula is C27H29Cl2NO3. The smallest absolute Gasteiger partial charge is 0.230 e. The summed E-state index contributed by atoms with van der Waals surface area (Å²) in [5.41, 5.74) is 2.94. The van der Waals surface area contributed by atoms with E-state index in [-0.39, 0.29) is 11.8 Å². The highest BCUT2D eigenvalue weighted by Gasteiger charge is 2.25. The standard InChI is InChI=1S/C27H29Cl2NO3/c1-4-23(20-8-6-5-7-9-20)27(31)30(15-14-21-11-12-22(28)17-24(21)29)18-19-10-13-25(32-2)26(16-19)33-3/h5-13,16-17,23H,4,14-15,18H2,1-3H3. The number of benzene rings is 3. The van der Waals surface area contributed by atoms with Gasteiger partial charge in [0.05, 0.1) is 20.1 Å². The van der Waals surface area contributed by atoms with Crippen LogP contribution in [0.3, 0.4) is 0 Å². The Balaban J connectivity index is 1.88. The van der Waals surface area contributed by atoms with Crippen LogP contribution in [0.25, 0.3) is 0 Å². The Labute approximate surface area is 206 Å². The molecule has 3 aromatic carbocycles. The van der Waals surface area contributed by atoms with Crippen LogP contribution in [0, 0.1) is 0 Å². The van der Waals surface area contributed by atoms with Gasteiger partial charge in [-0.05, 0) is 53.8 Å². The van der Waals surface area contributed by atoms with Crippen molar-refractivity contribution in [1.82, 2.24) is 4.90 Å². The lowest BCUT2D eigenvalue weighted by Crippen LogP contribution is -2.36. The summed E-state index contributed by atoms with van der Waals surface area (Å²) < 4.78 is 10.8. The van der Waals surface area contributed by atoms with Gasteiger partial charge < -0.3 is 14.4 Å². The zero-order valence-electron chi connectivity index (χ0n) is 19.2. The molecule has 0 aliphatic heterocycles. The molecule has 33 heavy (non-hydrogen) atoms. The van der Waals surface area contributed by atoms with E-state index in [2.05, 4.69) is 0 Å². The first-order valence-electron chi connectivity index (χ1n) is 10.9. The summed E-state index contributed by atoms with van der Waals surface area (Å²) in [6.07, 6.45) is 1.34. The number of hydrogen-bond acceptors (Lipinski definition) is 3. The second-order valence-electron chi connectivity index (χ2n) is 7.81. The Morgan fingerprint density at radius 3 is 2.30 bits per heavy atom. The summed E-state index contributed by atoms with van der Waals surface area (Å²) >= 11 is 12.4. The van der Waals surface area contributed by atoms with Crippen LogP contribution in [0.15, 0.2) is 66.7 Å². The SMILES string of the molecule is CCC(C(=O)N(CCc1ccc(Cl)cc1Cl)Cc1ccc(OC)c(OC)c1)c1ccccc1. The highest BCUT2D eigenvalue weighted by Crippen LogP contribution is 2.30. The number of rotatable bonds is 10. The van der Waals surface area contributed by atoms with Crippen LogP contribution in [0.5, 0.6) is 11.5 Å². The lowest BCUT2D eigenvalue weighted by atomic mass is 9.94. The van der Waals surface area contributed by atoms with E-state index < -0.39 is 0 Å². The highest BCUT2D eigenvalue weighted by atomic mass is 35.5. The Kier molecular flexibility index (Phi) is 9.04. The fraction of sp³-hybridized carbons (Fsp3) is 0.296. The molecule has 3 rings (SSSR count). The number of methoxy groups -OCH3 is 2. The molecule has 0 saturated carbocycles. The molecule has 1 unspecified atom stereocenters. The van der Waals surface area contributed by atoms with Crippen LogP contribution in [-0.2, 0) is 17.8 Å². The average Bonchev–Trinajstić information content (AvgIpc) is 2.83. The molecule has 1 amide bonds. The van der Waals surface area contributed by atoms with Crippen LogP contribution in [0.4, 0.5) is 0 Å². The van der Waals surface area contributed by atoms with Crippen molar-refractivity contribution in [2.75, 3.05) is 20.8 Å². The number of ether oxygens (including phenoxy) is 2. The maximum Gasteiger partial charge on any atom is 0.230 e. The summed E-state index contributed by atoms with van der Waals surface area (Å²) in [4.78, 5) is 15.6. The molecule has 0 aliphatic carbocycles. The van der Waals surface area contributed by atoms with Crippen LogP contribution in [0.1, 0.15) is 36.0 Å². The summed E-state index contributed by atoms with van der Waals surface area (Å²) in [5.74, 6) is 1.16. The quantitative estimate of drug-likeness (QED) is 0.317. The first-order valence-corrected chi connectivity index (χ1v) is 11.7. The molecular weight excluding hydrogens is 457 g/mol. The predicted octanol–water partition coefficient (Wildman–Crippen LogP) is 6.78. The maximum absolute atomic E-state index is 13.7. The van der Waals surface area contributed by atoms with Crippen molar-refractivity contribution in [2.24, 2.45) is 0 Å². The van der Waals surface area contributed by atoms with E-state index in [1.807, 2.05) is 72.5 Å². The molecule has 0 aromatic heterocycles. The third-order valence-corrected chi connectivity index (χ3v) is 6.29. The molecule has 0 radical (unpaired) electrons. The number of carbonyl (C=O) groups excluding carboxylic acids is 1. The van der Waals surface area contributed by atoms with E-state index in [0.717, 1.165) is 16.7 Å². The molecule has 0 saturated heterocycles. The van der Waals surface area contributed by atoms with Gasteiger partial charge >= 0.3 is 0 Å². The zero-order valence-corrected chi connectivity index (χ0v) is 20.7. The van der Waals surface area contributed by atoms with E-state index >= 15 is 0 Å². The number of amides is 1. The number of nitrogens with zero attached hydrogens (tertiary/aromatic N) is 1. The monoisotopic (exact) mass is 485 g/mol. The molecule has 0 spiro atoms. The summed E-state index contributed by atoms with van der Waals surface area (Å²) in [6, 6.07) is 21.1. The van der Waals surface area contributed by atoms with Crippen LogP contribution in [-0.4, -0.2) is 31.6 Å². The Morgan fingerprint density at radius 2 is 1.67 bits per heavy atom. The molecule has 0 heterocycles. The average molecular weight is 486 g/mol. The Morgan fingerprint density at radius 1 is 0.939 bits per heavy atom. The van der Waals surface area contributed by atoms with Gasteiger partial charge in [0.25, 0.3) is 0 Å². The van der Waals surface area contributed by atoms with Gasteiger partial charge in [0.2, 0.25) is 5.91 Å².